The highest BCUT2D eigenvalue weighted by atomic mass is 16.5. The van der Waals surface area contributed by atoms with E-state index in [1.165, 1.54) is 12.8 Å². The highest BCUT2D eigenvalue weighted by Crippen LogP contribution is 2.32. The molecule has 2 aliphatic rings. The summed E-state index contributed by atoms with van der Waals surface area (Å²) in [4.78, 5) is 11.7. The van der Waals surface area contributed by atoms with Gasteiger partial charge in [0, 0.05) is 44.0 Å². The van der Waals surface area contributed by atoms with Crippen LogP contribution in [0.4, 0.5) is 11.5 Å². The summed E-state index contributed by atoms with van der Waals surface area (Å²) in [6.07, 6.45) is 5.33. The highest BCUT2D eigenvalue weighted by Gasteiger charge is 2.13. The van der Waals surface area contributed by atoms with Crippen molar-refractivity contribution in [2.24, 2.45) is 4.99 Å². The molecule has 0 atom stereocenters. The first-order valence-electron chi connectivity index (χ1n) is 10.5. The lowest BCUT2D eigenvalue weighted by Crippen LogP contribution is -2.30. The molecule has 1 aromatic heterocycles. The van der Waals surface area contributed by atoms with Crippen molar-refractivity contribution in [1.29, 1.82) is 0 Å². The molecule has 0 spiro atoms. The van der Waals surface area contributed by atoms with E-state index < -0.39 is 0 Å². The van der Waals surface area contributed by atoms with Gasteiger partial charge in [-0.1, -0.05) is 6.07 Å². The van der Waals surface area contributed by atoms with Crippen LogP contribution in [0.25, 0.3) is 0 Å². The Morgan fingerprint density at radius 2 is 1.90 bits per heavy atom. The molecule has 2 aromatic rings. The molecule has 0 bridgehead atoms. The Balaban J connectivity index is 1.41. The van der Waals surface area contributed by atoms with E-state index in [0.29, 0.717) is 19.8 Å². The van der Waals surface area contributed by atoms with Crippen LogP contribution < -0.4 is 25.0 Å². The minimum Gasteiger partial charge on any atom is -0.490 e. The lowest BCUT2D eigenvalue weighted by Gasteiger charge is -2.16. The Morgan fingerprint density at radius 1 is 1.07 bits per heavy atom. The van der Waals surface area contributed by atoms with Gasteiger partial charge in [0.15, 0.2) is 17.5 Å². The van der Waals surface area contributed by atoms with Crippen LogP contribution in [-0.4, -0.2) is 43.8 Å². The molecule has 0 amide bonds. The number of benzene rings is 1. The zero-order valence-corrected chi connectivity index (χ0v) is 17.0. The minimum atomic E-state index is 0.563. The van der Waals surface area contributed by atoms with Crippen LogP contribution >= 0.6 is 0 Å². The van der Waals surface area contributed by atoms with Gasteiger partial charge in [0.1, 0.15) is 5.82 Å². The van der Waals surface area contributed by atoms with Crippen LogP contribution in [0.15, 0.2) is 41.5 Å². The number of aliphatic imine (C=N–C) groups is 1. The average molecular weight is 396 g/mol. The van der Waals surface area contributed by atoms with E-state index in [1.807, 2.05) is 24.4 Å². The van der Waals surface area contributed by atoms with Crippen molar-refractivity contribution in [1.82, 2.24) is 10.3 Å². The zero-order chi connectivity index (χ0) is 19.9. The molecule has 3 heterocycles. The number of nitrogens with zero attached hydrogens (tertiary/aromatic N) is 3. The second kappa shape index (κ2) is 9.49. The topological polar surface area (TPSA) is 71.0 Å². The summed E-state index contributed by atoms with van der Waals surface area (Å²) in [7, 11) is 0. The van der Waals surface area contributed by atoms with E-state index in [4.69, 9.17) is 14.5 Å². The number of hydrogen-bond donors (Lipinski definition) is 2. The maximum atomic E-state index is 5.78. The molecule has 154 valence electrons. The van der Waals surface area contributed by atoms with Crippen molar-refractivity contribution in [3.8, 4) is 11.5 Å². The number of aromatic nitrogens is 1. The molecule has 29 heavy (non-hydrogen) atoms. The number of rotatable bonds is 5. The standard InChI is InChI=1S/C22H29N5O2/c1-2-23-22(26-18-7-8-19-20(14-18)29-13-5-12-28-19)25-16-17-6-9-21(24-15-17)27-10-3-4-11-27/h6-9,14-15H,2-5,10-13,16H2,1H3,(H2,23,25,26). The van der Waals surface area contributed by atoms with E-state index >= 15 is 0 Å². The SMILES string of the molecule is CCNC(=NCc1ccc(N2CCCC2)nc1)Nc1ccc2c(c1)OCCCO2. The first-order valence-corrected chi connectivity index (χ1v) is 10.5. The average Bonchev–Trinajstić information content (AvgIpc) is 3.18. The molecule has 0 radical (unpaired) electrons. The van der Waals surface area contributed by atoms with E-state index in [2.05, 4.69) is 39.6 Å². The van der Waals surface area contributed by atoms with Gasteiger partial charge in [-0.15, -0.1) is 0 Å². The third-order valence-corrected chi connectivity index (χ3v) is 5.01. The van der Waals surface area contributed by atoms with Gasteiger partial charge in [0.05, 0.1) is 19.8 Å². The summed E-state index contributed by atoms with van der Waals surface area (Å²) in [5.74, 6) is 3.35. The Morgan fingerprint density at radius 3 is 2.66 bits per heavy atom. The molecule has 2 N–H and O–H groups in total. The van der Waals surface area contributed by atoms with Gasteiger partial charge in [-0.2, -0.15) is 0 Å². The molecule has 1 aromatic carbocycles. The number of pyridine rings is 1. The first kappa shape index (κ1) is 19.4. The van der Waals surface area contributed by atoms with Crippen LogP contribution in [-0.2, 0) is 6.54 Å². The summed E-state index contributed by atoms with van der Waals surface area (Å²) >= 11 is 0. The molecule has 0 aliphatic carbocycles. The number of nitrogens with one attached hydrogen (secondary N) is 2. The van der Waals surface area contributed by atoms with Gasteiger partial charge in [0.2, 0.25) is 0 Å². The molecule has 0 unspecified atom stereocenters. The molecule has 1 saturated heterocycles. The predicted molar refractivity (Wildman–Crippen MR) is 116 cm³/mol. The third-order valence-electron chi connectivity index (χ3n) is 5.01. The monoisotopic (exact) mass is 395 g/mol. The van der Waals surface area contributed by atoms with Gasteiger partial charge in [0.25, 0.3) is 0 Å². The lowest BCUT2D eigenvalue weighted by molar-refractivity contribution is 0.297. The van der Waals surface area contributed by atoms with Crippen molar-refractivity contribution in [3.05, 3.63) is 42.1 Å². The maximum Gasteiger partial charge on any atom is 0.196 e. The Bertz CT molecular complexity index is 832. The Hall–Kier alpha value is -2.96. The fourth-order valence-electron chi connectivity index (χ4n) is 3.50. The second-order valence-corrected chi connectivity index (χ2v) is 7.25. The number of ether oxygens (including phenoxy) is 2. The van der Waals surface area contributed by atoms with Crippen molar-refractivity contribution in [3.63, 3.8) is 0 Å². The van der Waals surface area contributed by atoms with Crippen LogP contribution in [0.2, 0.25) is 0 Å². The number of guanidine groups is 1. The molecule has 7 heteroatoms. The molecular weight excluding hydrogens is 366 g/mol. The van der Waals surface area contributed by atoms with Gasteiger partial charge in [-0.25, -0.2) is 9.98 Å². The van der Waals surface area contributed by atoms with Crippen LogP contribution in [0.1, 0.15) is 31.7 Å². The summed E-state index contributed by atoms with van der Waals surface area (Å²) < 4.78 is 11.5. The molecule has 1 fully saturated rings. The number of anilines is 2. The number of fused-ring (bicyclic) bond motifs is 1. The van der Waals surface area contributed by atoms with E-state index in [9.17, 15) is 0 Å². The fourth-order valence-corrected chi connectivity index (χ4v) is 3.50. The van der Waals surface area contributed by atoms with E-state index in [-0.39, 0.29) is 0 Å². The van der Waals surface area contributed by atoms with E-state index in [1.54, 1.807) is 0 Å². The van der Waals surface area contributed by atoms with Crippen LogP contribution in [0.5, 0.6) is 11.5 Å². The molecule has 4 rings (SSSR count). The predicted octanol–water partition coefficient (Wildman–Crippen LogP) is 3.42. The van der Waals surface area contributed by atoms with Gasteiger partial charge in [-0.05, 0) is 43.5 Å². The molecule has 7 nitrogen and oxygen atoms in total. The van der Waals surface area contributed by atoms with Crippen molar-refractivity contribution >= 4 is 17.5 Å². The van der Waals surface area contributed by atoms with Gasteiger partial charge in [-0.3, -0.25) is 0 Å². The van der Waals surface area contributed by atoms with Crippen LogP contribution in [0.3, 0.4) is 0 Å². The van der Waals surface area contributed by atoms with Gasteiger partial charge < -0.3 is 25.0 Å². The largest absolute Gasteiger partial charge is 0.490 e. The fraction of sp³-hybridized carbons (Fsp3) is 0.455. The van der Waals surface area contributed by atoms with E-state index in [0.717, 1.165) is 60.6 Å². The zero-order valence-electron chi connectivity index (χ0n) is 17.0. The number of hydrogen-bond acceptors (Lipinski definition) is 5. The normalized spacial score (nSPS) is 16.4. The smallest absolute Gasteiger partial charge is 0.196 e. The second-order valence-electron chi connectivity index (χ2n) is 7.25. The summed E-state index contributed by atoms with van der Waals surface area (Å²) in [5, 5.41) is 6.64. The highest BCUT2D eigenvalue weighted by molar-refractivity contribution is 5.93. The van der Waals surface area contributed by atoms with Crippen LogP contribution in [0, 0.1) is 0 Å². The molecule has 2 aliphatic heterocycles. The first-order chi connectivity index (χ1) is 14.3. The summed E-state index contributed by atoms with van der Waals surface area (Å²) in [6, 6.07) is 10.1. The third kappa shape index (κ3) is 5.10. The quantitative estimate of drug-likeness (QED) is 0.597. The Kier molecular flexibility index (Phi) is 6.34. The van der Waals surface area contributed by atoms with Crippen molar-refractivity contribution < 1.29 is 9.47 Å². The lowest BCUT2D eigenvalue weighted by atomic mass is 10.2. The molecule has 0 saturated carbocycles. The summed E-state index contributed by atoms with van der Waals surface area (Å²) in [5.41, 5.74) is 2.00. The maximum absolute atomic E-state index is 5.78. The van der Waals surface area contributed by atoms with Crippen molar-refractivity contribution in [2.75, 3.05) is 43.1 Å². The van der Waals surface area contributed by atoms with Gasteiger partial charge >= 0.3 is 0 Å². The minimum absolute atomic E-state index is 0.563. The Labute approximate surface area is 172 Å². The van der Waals surface area contributed by atoms with Crippen molar-refractivity contribution in [2.45, 2.75) is 32.7 Å². The summed E-state index contributed by atoms with van der Waals surface area (Å²) in [6.45, 7) is 6.97. The molecular formula is C22H29N5O2.